The van der Waals surface area contributed by atoms with Gasteiger partial charge in [-0.05, 0) is 18.7 Å². The lowest BCUT2D eigenvalue weighted by Gasteiger charge is -2.32. The summed E-state index contributed by atoms with van der Waals surface area (Å²) in [4.78, 5) is 14.6. The van der Waals surface area contributed by atoms with Crippen molar-refractivity contribution in [2.75, 3.05) is 53.0 Å². The van der Waals surface area contributed by atoms with Gasteiger partial charge < -0.3 is 20.3 Å². The van der Waals surface area contributed by atoms with Gasteiger partial charge in [-0.1, -0.05) is 18.2 Å². The number of hydrogen-bond acceptors (Lipinski definition) is 6. The van der Waals surface area contributed by atoms with Crippen molar-refractivity contribution >= 4 is 15.9 Å². The minimum absolute atomic E-state index is 0.00284. The van der Waals surface area contributed by atoms with Crippen molar-refractivity contribution in [2.45, 2.75) is 23.9 Å². The fourth-order valence-corrected chi connectivity index (χ4v) is 4.95. The fourth-order valence-electron chi connectivity index (χ4n) is 3.31. The Morgan fingerprint density at radius 1 is 1.26 bits per heavy atom. The zero-order valence-electron chi connectivity index (χ0n) is 15.7. The second kappa shape index (κ2) is 9.11. The molecule has 9 heteroatoms. The highest BCUT2D eigenvalue weighted by atomic mass is 32.2. The highest BCUT2D eigenvalue weighted by Crippen LogP contribution is 2.21. The number of amides is 1. The summed E-state index contributed by atoms with van der Waals surface area (Å²) in [5.41, 5.74) is 0.609. The zero-order chi connectivity index (χ0) is 19.3. The van der Waals surface area contributed by atoms with Crippen LogP contribution in [0.5, 0.6) is 0 Å². The molecule has 2 saturated heterocycles. The number of piperazine rings is 1. The van der Waals surface area contributed by atoms with Crippen LogP contribution in [-0.2, 0) is 26.1 Å². The Morgan fingerprint density at radius 2 is 2.00 bits per heavy atom. The first-order valence-corrected chi connectivity index (χ1v) is 10.8. The Balaban J connectivity index is 1.64. The molecule has 0 aromatic heterocycles. The van der Waals surface area contributed by atoms with Crippen LogP contribution in [-0.4, -0.2) is 82.6 Å². The highest BCUT2D eigenvalue weighted by molar-refractivity contribution is 7.89. The van der Waals surface area contributed by atoms with Crippen molar-refractivity contribution in [1.29, 1.82) is 0 Å². The minimum atomic E-state index is -3.57. The third-order valence-electron chi connectivity index (χ3n) is 4.96. The molecule has 0 aliphatic carbocycles. The van der Waals surface area contributed by atoms with Crippen LogP contribution in [0, 0.1) is 0 Å². The number of nitrogens with zero attached hydrogens (tertiary/aromatic N) is 2. The van der Waals surface area contributed by atoms with E-state index in [-0.39, 0.29) is 23.4 Å². The first kappa shape index (κ1) is 20.2. The Labute approximate surface area is 160 Å². The number of benzene rings is 1. The third kappa shape index (κ3) is 5.26. The van der Waals surface area contributed by atoms with Crippen LogP contribution in [0.25, 0.3) is 0 Å². The summed E-state index contributed by atoms with van der Waals surface area (Å²) in [6, 6.07) is 6.89. The molecule has 1 atom stereocenters. The van der Waals surface area contributed by atoms with Gasteiger partial charge in [-0.2, -0.15) is 4.31 Å². The summed E-state index contributed by atoms with van der Waals surface area (Å²) in [6.07, 6.45) is 0.313. The Morgan fingerprint density at radius 3 is 2.70 bits per heavy atom. The average Bonchev–Trinajstić information content (AvgIpc) is 2.68. The molecule has 27 heavy (non-hydrogen) atoms. The van der Waals surface area contributed by atoms with E-state index >= 15 is 0 Å². The molecule has 0 spiro atoms. The number of hydrogen-bond donors (Lipinski definition) is 2. The van der Waals surface area contributed by atoms with Gasteiger partial charge in [-0.3, -0.25) is 4.79 Å². The van der Waals surface area contributed by atoms with Crippen LogP contribution in [0.2, 0.25) is 0 Å². The molecule has 0 radical (unpaired) electrons. The Bertz CT molecular complexity index is 741. The molecule has 2 heterocycles. The summed E-state index contributed by atoms with van der Waals surface area (Å²) in [5.74, 6) is -0.121. The molecule has 2 aliphatic rings. The molecule has 2 aliphatic heterocycles. The molecular formula is C18H28N4O4S. The molecule has 0 saturated carbocycles. The van der Waals surface area contributed by atoms with E-state index in [1.54, 1.807) is 24.3 Å². The largest absolute Gasteiger partial charge is 0.378 e. The molecule has 3 rings (SSSR count). The summed E-state index contributed by atoms with van der Waals surface area (Å²) in [6.45, 7) is 4.50. The summed E-state index contributed by atoms with van der Waals surface area (Å²) < 4.78 is 33.0. The second-order valence-electron chi connectivity index (χ2n) is 7.02. The first-order valence-electron chi connectivity index (χ1n) is 9.31. The molecule has 2 fully saturated rings. The van der Waals surface area contributed by atoms with Crippen molar-refractivity contribution in [3.8, 4) is 0 Å². The van der Waals surface area contributed by atoms with E-state index in [9.17, 15) is 13.2 Å². The van der Waals surface area contributed by atoms with Gasteiger partial charge in [0.05, 0.1) is 18.1 Å². The molecular weight excluding hydrogens is 368 g/mol. The van der Waals surface area contributed by atoms with Crippen LogP contribution < -0.4 is 10.6 Å². The number of rotatable bonds is 6. The number of morpholine rings is 1. The topological polar surface area (TPSA) is 91.0 Å². The monoisotopic (exact) mass is 396 g/mol. The second-order valence-corrected chi connectivity index (χ2v) is 8.93. The van der Waals surface area contributed by atoms with Crippen LogP contribution in [0.3, 0.4) is 0 Å². The first-order chi connectivity index (χ1) is 13.0. The molecule has 1 aromatic carbocycles. The van der Waals surface area contributed by atoms with Crippen LogP contribution in [0.4, 0.5) is 0 Å². The molecule has 2 N–H and O–H groups in total. The standard InChI is InChI=1S/C18H28N4O4S/c1-21-7-9-22(10-8-21)27(24,25)17-5-3-2-4-15(17)13-20-18(23)12-16-14-26-11-6-19-16/h2-5,16,19H,6-14H2,1H3,(H,20,23). The quantitative estimate of drug-likeness (QED) is 0.681. The third-order valence-corrected chi connectivity index (χ3v) is 6.96. The summed E-state index contributed by atoms with van der Waals surface area (Å²) in [5, 5.41) is 6.08. The van der Waals surface area contributed by atoms with Gasteiger partial charge in [0.25, 0.3) is 0 Å². The van der Waals surface area contributed by atoms with Gasteiger partial charge in [0, 0.05) is 51.7 Å². The maximum Gasteiger partial charge on any atom is 0.243 e. The van der Waals surface area contributed by atoms with Crippen molar-refractivity contribution < 1.29 is 17.9 Å². The average molecular weight is 397 g/mol. The van der Waals surface area contributed by atoms with Crippen molar-refractivity contribution in [3.63, 3.8) is 0 Å². The van der Waals surface area contributed by atoms with E-state index in [0.717, 1.165) is 6.54 Å². The Hall–Kier alpha value is -1.52. The molecule has 1 unspecified atom stereocenters. The number of carbonyl (C=O) groups excluding carboxylic acids is 1. The van der Waals surface area contributed by atoms with Crippen molar-refractivity contribution in [1.82, 2.24) is 19.8 Å². The summed E-state index contributed by atoms with van der Waals surface area (Å²) >= 11 is 0. The SMILES string of the molecule is CN1CCN(S(=O)(=O)c2ccccc2CNC(=O)CC2COCCN2)CC1. The lowest BCUT2D eigenvalue weighted by atomic mass is 10.2. The van der Waals surface area contributed by atoms with E-state index in [1.807, 2.05) is 7.05 Å². The van der Waals surface area contributed by atoms with E-state index in [4.69, 9.17) is 4.74 Å². The number of ether oxygens (including phenoxy) is 1. The van der Waals surface area contributed by atoms with Gasteiger partial charge in [0.15, 0.2) is 0 Å². The number of sulfonamides is 1. The van der Waals surface area contributed by atoms with Crippen LogP contribution >= 0.6 is 0 Å². The Kier molecular flexibility index (Phi) is 6.83. The van der Waals surface area contributed by atoms with E-state index < -0.39 is 10.0 Å². The number of nitrogens with one attached hydrogen (secondary N) is 2. The van der Waals surface area contributed by atoms with Crippen LogP contribution in [0.15, 0.2) is 29.2 Å². The molecule has 0 bridgehead atoms. The maximum atomic E-state index is 13.0. The fraction of sp³-hybridized carbons (Fsp3) is 0.611. The lowest BCUT2D eigenvalue weighted by Crippen LogP contribution is -2.47. The molecule has 8 nitrogen and oxygen atoms in total. The van der Waals surface area contributed by atoms with Gasteiger partial charge in [-0.15, -0.1) is 0 Å². The van der Waals surface area contributed by atoms with Crippen molar-refractivity contribution in [2.24, 2.45) is 0 Å². The minimum Gasteiger partial charge on any atom is -0.378 e. The molecule has 150 valence electrons. The zero-order valence-corrected chi connectivity index (χ0v) is 16.5. The van der Waals surface area contributed by atoms with Crippen molar-refractivity contribution in [3.05, 3.63) is 29.8 Å². The van der Waals surface area contributed by atoms with E-state index in [0.29, 0.717) is 51.4 Å². The predicted octanol–water partition coefficient (Wildman–Crippen LogP) is -0.383. The molecule has 1 aromatic rings. The van der Waals surface area contributed by atoms with Gasteiger partial charge >= 0.3 is 0 Å². The number of carbonyl (C=O) groups is 1. The lowest BCUT2D eigenvalue weighted by molar-refractivity contribution is -0.122. The summed E-state index contributed by atoms with van der Waals surface area (Å²) in [7, 11) is -1.58. The number of likely N-dealkylation sites (N-methyl/N-ethyl adjacent to an activating group) is 1. The highest BCUT2D eigenvalue weighted by Gasteiger charge is 2.29. The van der Waals surface area contributed by atoms with Gasteiger partial charge in [0.2, 0.25) is 15.9 Å². The van der Waals surface area contributed by atoms with Gasteiger partial charge in [-0.25, -0.2) is 8.42 Å². The maximum absolute atomic E-state index is 13.0. The normalized spacial score (nSPS) is 22.5. The van der Waals surface area contributed by atoms with Gasteiger partial charge in [0.1, 0.15) is 0 Å². The van der Waals surface area contributed by atoms with E-state index in [2.05, 4.69) is 15.5 Å². The van der Waals surface area contributed by atoms with Crippen LogP contribution in [0.1, 0.15) is 12.0 Å². The smallest absolute Gasteiger partial charge is 0.243 e. The predicted molar refractivity (Wildman–Crippen MR) is 102 cm³/mol. The molecule has 1 amide bonds. The van der Waals surface area contributed by atoms with E-state index in [1.165, 1.54) is 4.31 Å².